The van der Waals surface area contributed by atoms with E-state index >= 15 is 0 Å². The lowest BCUT2D eigenvalue weighted by Crippen LogP contribution is -2.34. The Morgan fingerprint density at radius 3 is 2.29 bits per heavy atom. The van der Waals surface area contributed by atoms with Crippen LogP contribution < -0.4 is 0 Å². The third kappa shape index (κ3) is 1.45. The summed E-state index contributed by atoms with van der Waals surface area (Å²) in [5, 5.41) is 10.9. The van der Waals surface area contributed by atoms with Crippen molar-refractivity contribution in [2.24, 2.45) is 0 Å². The maximum absolute atomic E-state index is 10.2. The zero-order valence-electron chi connectivity index (χ0n) is 8.60. The van der Waals surface area contributed by atoms with Gasteiger partial charge >= 0.3 is 0 Å². The molecule has 0 heterocycles. The van der Waals surface area contributed by atoms with E-state index in [1.54, 1.807) is 0 Å². The second-order valence-electron chi connectivity index (χ2n) is 4.30. The second-order valence-corrected chi connectivity index (χ2v) is 4.71. The topological polar surface area (TPSA) is 20.2 Å². The molecule has 0 saturated heterocycles. The molecule has 1 saturated carbocycles. The van der Waals surface area contributed by atoms with E-state index in [2.05, 4.69) is 6.92 Å². The zero-order valence-corrected chi connectivity index (χ0v) is 9.36. The SMILES string of the molecule is Cc1cc(Cl)c(C2(O)CCC2)cc1C. The van der Waals surface area contributed by atoms with Crippen LogP contribution in [0.25, 0.3) is 0 Å². The molecule has 1 aromatic rings. The molecule has 0 spiro atoms. The van der Waals surface area contributed by atoms with Crippen molar-refractivity contribution in [2.45, 2.75) is 38.7 Å². The molecule has 1 nitrogen and oxygen atoms in total. The van der Waals surface area contributed by atoms with E-state index in [0.717, 1.165) is 24.8 Å². The summed E-state index contributed by atoms with van der Waals surface area (Å²) >= 11 is 6.14. The van der Waals surface area contributed by atoms with E-state index < -0.39 is 5.60 Å². The summed E-state index contributed by atoms with van der Waals surface area (Å²) in [5.74, 6) is 0. The Morgan fingerprint density at radius 2 is 1.79 bits per heavy atom. The van der Waals surface area contributed by atoms with E-state index in [1.807, 2.05) is 19.1 Å². The number of hydrogen-bond donors (Lipinski definition) is 1. The van der Waals surface area contributed by atoms with Crippen LogP contribution in [0.4, 0.5) is 0 Å². The molecule has 0 atom stereocenters. The highest BCUT2D eigenvalue weighted by Crippen LogP contribution is 2.44. The van der Waals surface area contributed by atoms with Gasteiger partial charge in [0.25, 0.3) is 0 Å². The van der Waals surface area contributed by atoms with Crippen molar-refractivity contribution >= 4 is 11.6 Å². The fraction of sp³-hybridized carbons (Fsp3) is 0.500. The lowest BCUT2D eigenvalue weighted by atomic mass is 9.74. The molecule has 2 rings (SSSR count). The quantitative estimate of drug-likeness (QED) is 0.754. The van der Waals surface area contributed by atoms with Crippen LogP contribution in [0.3, 0.4) is 0 Å². The summed E-state index contributed by atoms with van der Waals surface area (Å²) in [6.45, 7) is 4.09. The predicted molar refractivity (Wildman–Crippen MR) is 58.7 cm³/mol. The molecular weight excluding hydrogens is 196 g/mol. The smallest absolute Gasteiger partial charge is 0.0911 e. The zero-order chi connectivity index (χ0) is 10.3. The largest absolute Gasteiger partial charge is 0.385 e. The molecule has 0 aliphatic heterocycles. The number of hydrogen-bond acceptors (Lipinski definition) is 1. The van der Waals surface area contributed by atoms with Crippen LogP contribution in [0.5, 0.6) is 0 Å². The average molecular weight is 211 g/mol. The number of aliphatic hydroxyl groups is 1. The minimum Gasteiger partial charge on any atom is -0.385 e. The van der Waals surface area contributed by atoms with E-state index in [-0.39, 0.29) is 0 Å². The minimum atomic E-state index is -0.643. The molecule has 0 unspecified atom stereocenters. The Bertz CT molecular complexity index is 367. The Hall–Kier alpha value is -0.530. The van der Waals surface area contributed by atoms with Crippen molar-refractivity contribution in [3.63, 3.8) is 0 Å². The van der Waals surface area contributed by atoms with E-state index in [4.69, 9.17) is 11.6 Å². The molecule has 2 heteroatoms. The van der Waals surface area contributed by atoms with Gasteiger partial charge in [-0.2, -0.15) is 0 Å². The van der Waals surface area contributed by atoms with Gasteiger partial charge in [0.15, 0.2) is 0 Å². The van der Waals surface area contributed by atoms with Crippen molar-refractivity contribution in [3.8, 4) is 0 Å². The van der Waals surface area contributed by atoms with Gasteiger partial charge in [-0.05, 0) is 50.3 Å². The van der Waals surface area contributed by atoms with Gasteiger partial charge in [0, 0.05) is 10.6 Å². The molecule has 1 aliphatic rings. The fourth-order valence-electron chi connectivity index (χ4n) is 1.92. The standard InChI is InChI=1S/C12H15ClO/c1-8-6-10(11(13)7-9(8)2)12(14)4-3-5-12/h6-7,14H,3-5H2,1-2H3. The number of rotatable bonds is 1. The van der Waals surface area contributed by atoms with E-state index in [1.165, 1.54) is 11.1 Å². The van der Waals surface area contributed by atoms with Gasteiger partial charge in [-0.3, -0.25) is 0 Å². The molecule has 1 aliphatic carbocycles. The molecule has 0 aromatic heterocycles. The summed E-state index contributed by atoms with van der Waals surface area (Å²) < 4.78 is 0. The maximum Gasteiger partial charge on any atom is 0.0911 e. The summed E-state index contributed by atoms with van der Waals surface area (Å²) in [5.41, 5.74) is 2.65. The Morgan fingerprint density at radius 1 is 1.21 bits per heavy atom. The van der Waals surface area contributed by atoms with Crippen LogP contribution in [0, 0.1) is 13.8 Å². The van der Waals surface area contributed by atoms with Gasteiger partial charge in [0.2, 0.25) is 0 Å². The summed E-state index contributed by atoms with van der Waals surface area (Å²) in [6.07, 6.45) is 2.78. The number of aryl methyl sites for hydroxylation is 2. The molecule has 1 fully saturated rings. The van der Waals surface area contributed by atoms with Crippen LogP contribution in [0.1, 0.15) is 36.0 Å². The van der Waals surface area contributed by atoms with Gasteiger partial charge < -0.3 is 5.11 Å². The summed E-state index contributed by atoms with van der Waals surface area (Å²) in [6, 6.07) is 3.97. The van der Waals surface area contributed by atoms with Crippen molar-refractivity contribution < 1.29 is 5.11 Å². The molecular formula is C12H15ClO. The van der Waals surface area contributed by atoms with Gasteiger partial charge in [-0.25, -0.2) is 0 Å². The Balaban J connectivity index is 2.48. The third-order valence-electron chi connectivity index (χ3n) is 3.27. The van der Waals surface area contributed by atoms with Crippen molar-refractivity contribution in [3.05, 3.63) is 33.8 Å². The summed E-state index contributed by atoms with van der Waals surface area (Å²) in [7, 11) is 0. The van der Waals surface area contributed by atoms with Gasteiger partial charge in [-0.1, -0.05) is 17.7 Å². The first-order chi connectivity index (χ1) is 6.53. The van der Waals surface area contributed by atoms with Crippen LogP contribution in [0.2, 0.25) is 5.02 Å². The van der Waals surface area contributed by atoms with Crippen molar-refractivity contribution in [1.29, 1.82) is 0 Å². The molecule has 0 radical (unpaired) electrons. The fourth-order valence-corrected chi connectivity index (χ4v) is 2.31. The van der Waals surface area contributed by atoms with E-state index in [9.17, 15) is 5.11 Å². The van der Waals surface area contributed by atoms with Gasteiger partial charge in [-0.15, -0.1) is 0 Å². The third-order valence-corrected chi connectivity index (χ3v) is 3.58. The first-order valence-electron chi connectivity index (χ1n) is 5.02. The first-order valence-corrected chi connectivity index (χ1v) is 5.40. The lowest BCUT2D eigenvalue weighted by molar-refractivity contribution is -0.0387. The predicted octanol–water partition coefficient (Wildman–Crippen LogP) is 3.33. The highest BCUT2D eigenvalue weighted by atomic mass is 35.5. The molecule has 1 aromatic carbocycles. The summed E-state index contributed by atoms with van der Waals surface area (Å²) in [4.78, 5) is 0. The number of halogens is 1. The first kappa shape index (κ1) is 10.0. The normalized spacial score (nSPS) is 19.1. The van der Waals surface area contributed by atoms with Crippen LogP contribution >= 0.6 is 11.6 Å². The average Bonchev–Trinajstić information content (AvgIpc) is 2.07. The molecule has 0 bridgehead atoms. The maximum atomic E-state index is 10.2. The monoisotopic (exact) mass is 210 g/mol. The van der Waals surface area contributed by atoms with Crippen LogP contribution in [-0.4, -0.2) is 5.11 Å². The van der Waals surface area contributed by atoms with Gasteiger partial charge in [0.05, 0.1) is 5.60 Å². The van der Waals surface area contributed by atoms with Crippen molar-refractivity contribution in [1.82, 2.24) is 0 Å². The number of benzene rings is 1. The highest BCUT2D eigenvalue weighted by molar-refractivity contribution is 6.31. The van der Waals surface area contributed by atoms with Crippen LogP contribution in [-0.2, 0) is 5.60 Å². The molecule has 14 heavy (non-hydrogen) atoms. The molecule has 1 N–H and O–H groups in total. The van der Waals surface area contributed by atoms with Crippen molar-refractivity contribution in [2.75, 3.05) is 0 Å². The Kier molecular flexibility index (Phi) is 2.32. The lowest BCUT2D eigenvalue weighted by Gasteiger charge is -2.38. The molecule has 0 amide bonds. The van der Waals surface area contributed by atoms with E-state index in [0.29, 0.717) is 5.02 Å². The van der Waals surface area contributed by atoms with Gasteiger partial charge in [0.1, 0.15) is 0 Å². The Labute approximate surface area is 89.7 Å². The van der Waals surface area contributed by atoms with Crippen LogP contribution in [0.15, 0.2) is 12.1 Å². The highest BCUT2D eigenvalue weighted by Gasteiger charge is 2.37. The molecule has 76 valence electrons. The minimum absolute atomic E-state index is 0.643. The second kappa shape index (κ2) is 3.25.